The van der Waals surface area contributed by atoms with E-state index >= 15 is 0 Å². The van der Waals surface area contributed by atoms with E-state index in [0.29, 0.717) is 11.9 Å². The first kappa shape index (κ1) is 13.3. The van der Waals surface area contributed by atoms with Crippen LogP contribution in [0.4, 0.5) is 0 Å². The highest BCUT2D eigenvalue weighted by molar-refractivity contribution is 9.10. The van der Waals surface area contributed by atoms with Crippen molar-refractivity contribution in [1.29, 1.82) is 0 Å². The molecule has 96 valence electrons. The van der Waals surface area contributed by atoms with Crippen molar-refractivity contribution in [1.82, 2.24) is 10.3 Å². The lowest BCUT2D eigenvalue weighted by Crippen LogP contribution is -2.21. The zero-order chi connectivity index (χ0) is 13.1. The molecule has 0 saturated heterocycles. The standard InChI is InChI=1S/C14H17BrN2O/c1-9(2)16-7-12-8-18-14(17-12)11-5-4-10(3)13(15)6-11/h4-6,8-9,16H,7H2,1-3H3. The second kappa shape index (κ2) is 5.67. The molecular formula is C14H17BrN2O. The minimum atomic E-state index is 0.443. The first-order chi connectivity index (χ1) is 8.56. The average molecular weight is 309 g/mol. The summed E-state index contributed by atoms with van der Waals surface area (Å²) in [6.07, 6.45) is 1.71. The third-order valence-corrected chi connectivity index (χ3v) is 3.52. The van der Waals surface area contributed by atoms with E-state index in [1.807, 2.05) is 12.1 Å². The van der Waals surface area contributed by atoms with E-state index in [9.17, 15) is 0 Å². The zero-order valence-corrected chi connectivity index (χ0v) is 12.4. The molecule has 18 heavy (non-hydrogen) atoms. The molecule has 0 saturated carbocycles. The Labute approximate surface area is 116 Å². The number of halogens is 1. The van der Waals surface area contributed by atoms with Gasteiger partial charge in [-0.25, -0.2) is 4.98 Å². The van der Waals surface area contributed by atoms with Gasteiger partial charge in [-0.05, 0) is 24.6 Å². The minimum Gasteiger partial charge on any atom is -0.444 e. The molecule has 0 radical (unpaired) electrons. The number of aryl methyl sites for hydroxylation is 1. The molecule has 2 aromatic rings. The molecule has 0 atom stereocenters. The molecule has 1 aromatic carbocycles. The maximum absolute atomic E-state index is 5.51. The third kappa shape index (κ3) is 3.21. The fraction of sp³-hybridized carbons (Fsp3) is 0.357. The van der Waals surface area contributed by atoms with Crippen molar-refractivity contribution < 1.29 is 4.42 Å². The number of nitrogens with one attached hydrogen (secondary N) is 1. The van der Waals surface area contributed by atoms with Crippen LogP contribution in [-0.2, 0) is 6.54 Å². The Bertz CT molecular complexity index is 534. The Morgan fingerprint density at radius 2 is 2.17 bits per heavy atom. The number of benzene rings is 1. The van der Waals surface area contributed by atoms with Crippen molar-refractivity contribution in [3.05, 3.63) is 40.2 Å². The molecule has 0 aliphatic carbocycles. The van der Waals surface area contributed by atoms with Gasteiger partial charge >= 0.3 is 0 Å². The second-order valence-electron chi connectivity index (χ2n) is 4.64. The predicted octanol–water partition coefficient (Wildman–Crippen LogP) is 3.91. The molecule has 0 spiro atoms. The van der Waals surface area contributed by atoms with Crippen molar-refractivity contribution in [3.8, 4) is 11.5 Å². The van der Waals surface area contributed by atoms with E-state index in [1.165, 1.54) is 5.56 Å². The first-order valence-electron chi connectivity index (χ1n) is 6.00. The summed E-state index contributed by atoms with van der Waals surface area (Å²) in [6, 6.07) is 6.54. The molecular weight excluding hydrogens is 292 g/mol. The third-order valence-electron chi connectivity index (χ3n) is 2.66. The van der Waals surface area contributed by atoms with Crippen LogP contribution in [0.25, 0.3) is 11.5 Å². The summed E-state index contributed by atoms with van der Waals surface area (Å²) in [5.74, 6) is 0.663. The van der Waals surface area contributed by atoms with Crippen molar-refractivity contribution in [3.63, 3.8) is 0 Å². The molecule has 2 rings (SSSR count). The Morgan fingerprint density at radius 1 is 1.39 bits per heavy atom. The molecule has 1 N–H and O–H groups in total. The van der Waals surface area contributed by atoms with Crippen LogP contribution >= 0.6 is 15.9 Å². The number of aromatic nitrogens is 1. The molecule has 0 aliphatic rings. The Morgan fingerprint density at radius 3 is 2.83 bits per heavy atom. The van der Waals surface area contributed by atoms with Crippen molar-refractivity contribution in [2.75, 3.05) is 0 Å². The van der Waals surface area contributed by atoms with Crippen LogP contribution in [0.5, 0.6) is 0 Å². The topological polar surface area (TPSA) is 38.1 Å². The predicted molar refractivity (Wildman–Crippen MR) is 76.4 cm³/mol. The number of oxazole rings is 1. The molecule has 1 heterocycles. The summed E-state index contributed by atoms with van der Waals surface area (Å²) >= 11 is 3.52. The minimum absolute atomic E-state index is 0.443. The van der Waals surface area contributed by atoms with Crippen LogP contribution < -0.4 is 5.32 Å². The molecule has 0 amide bonds. The van der Waals surface area contributed by atoms with Gasteiger partial charge in [0.2, 0.25) is 5.89 Å². The van der Waals surface area contributed by atoms with Crippen LogP contribution in [0.15, 0.2) is 33.4 Å². The summed E-state index contributed by atoms with van der Waals surface area (Å²) in [6.45, 7) is 7.01. The maximum atomic E-state index is 5.51. The van der Waals surface area contributed by atoms with Crippen molar-refractivity contribution in [2.24, 2.45) is 0 Å². The molecule has 0 bridgehead atoms. The molecule has 3 nitrogen and oxygen atoms in total. The van der Waals surface area contributed by atoms with Gasteiger partial charge in [0.05, 0.1) is 5.69 Å². The average Bonchev–Trinajstić information content (AvgIpc) is 2.79. The quantitative estimate of drug-likeness (QED) is 0.930. The lowest BCUT2D eigenvalue weighted by Gasteiger charge is -2.04. The van der Waals surface area contributed by atoms with Crippen molar-refractivity contribution in [2.45, 2.75) is 33.4 Å². The zero-order valence-electron chi connectivity index (χ0n) is 10.8. The molecule has 0 aliphatic heterocycles. The van der Waals surface area contributed by atoms with Gasteiger partial charge in [-0.3, -0.25) is 0 Å². The van der Waals surface area contributed by atoms with Gasteiger partial charge in [0.1, 0.15) is 6.26 Å². The Hall–Kier alpha value is -1.13. The smallest absolute Gasteiger partial charge is 0.226 e. The fourth-order valence-electron chi connectivity index (χ4n) is 1.56. The number of rotatable bonds is 4. The molecule has 4 heteroatoms. The Kier molecular flexibility index (Phi) is 4.19. The Balaban J connectivity index is 2.16. The lowest BCUT2D eigenvalue weighted by molar-refractivity contribution is 0.560. The van der Waals surface area contributed by atoms with Crippen LogP contribution in [-0.4, -0.2) is 11.0 Å². The second-order valence-corrected chi connectivity index (χ2v) is 5.50. The van der Waals surface area contributed by atoms with Crippen LogP contribution in [0.3, 0.4) is 0 Å². The van der Waals surface area contributed by atoms with Crippen LogP contribution in [0.2, 0.25) is 0 Å². The van der Waals surface area contributed by atoms with E-state index in [-0.39, 0.29) is 0 Å². The maximum Gasteiger partial charge on any atom is 0.226 e. The largest absolute Gasteiger partial charge is 0.444 e. The van der Waals surface area contributed by atoms with E-state index in [1.54, 1.807) is 6.26 Å². The monoisotopic (exact) mass is 308 g/mol. The summed E-state index contributed by atoms with van der Waals surface area (Å²) in [5, 5.41) is 3.32. The van der Waals surface area contributed by atoms with E-state index < -0.39 is 0 Å². The highest BCUT2D eigenvalue weighted by atomic mass is 79.9. The molecule has 0 fully saturated rings. The highest BCUT2D eigenvalue weighted by Gasteiger charge is 2.08. The molecule has 1 aromatic heterocycles. The summed E-state index contributed by atoms with van der Waals surface area (Å²) in [7, 11) is 0. The number of hydrogen-bond donors (Lipinski definition) is 1. The number of hydrogen-bond acceptors (Lipinski definition) is 3. The van der Waals surface area contributed by atoms with Gasteiger partial charge in [0.15, 0.2) is 0 Å². The fourth-order valence-corrected chi connectivity index (χ4v) is 1.93. The first-order valence-corrected chi connectivity index (χ1v) is 6.80. The van der Waals surface area contributed by atoms with E-state index in [2.05, 4.69) is 53.1 Å². The van der Waals surface area contributed by atoms with Gasteiger partial charge in [0.25, 0.3) is 0 Å². The summed E-state index contributed by atoms with van der Waals surface area (Å²) < 4.78 is 6.58. The van der Waals surface area contributed by atoms with E-state index in [4.69, 9.17) is 4.42 Å². The lowest BCUT2D eigenvalue weighted by atomic mass is 10.1. The van der Waals surface area contributed by atoms with E-state index in [0.717, 1.165) is 22.3 Å². The normalized spacial score (nSPS) is 11.2. The SMILES string of the molecule is Cc1ccc(-c2nc(CNC(C)C)co2)cc1Br. The van der Waals surface area contributed by atoms with Crippen LogP contribution in [0, 0.1) is 6.92 Å². The van der Waals surface area contributed by atoms with Gasteiger partial charge in [-0.2, -0.15) is 0 Å². The highest BCUT2D eigenvalue weighted by Crippen LogP contribution is 2.25. The van der Waals surface area contributed by atoms with Gasteiger partial charge in [-0.15, -0.1) is 0 Å². The van der Waals surface area contributed by atoms with Crippen molar-refractivity contribution >= 4 is 15.9 Å². The number of nitrogens with zero attached hydrogens (tertiary/aromatic N) is 1. The van der Waals surface area contributed by atoms with Gasteiger partial charge in [-0.1, -0.05) is 35.8 Å². The van der Waals surface area contributed by atoms with Gasteiger partial charge < -0.3 is 9.73 Å². The van der Waals surface area contributed by atoms with Crippen LogP contribution in [0.1, 0.15) is 25.1 Å². The summed E-state index contributed by atoms with van der Waals surface area (Å²) in [5.41, 5.74) is 3.12. The molecule has 0 unspecified atom stereocenters. The van der Waals surface area contributed by atoms with Gasteiger partial charge in [0, 0.05) is 22.6 Å². The summed E-state index contributed by atoms with van der Waals surface area (Å²) in [4.78, 5) is 4.47.